The van der Waals surface area contributed by atoms with Gasteiger partial charge in [0.25, 0.3) is 0 Å². The Morgan fingerprint density at radius 2 is 1.26 bits per heavy atom. The van der Waals surface area contributed by atoms with Crippen LogP contribution in [0.25, 0.3) is 10.8 Å². The normalized spacial score (nSPS) is 13.1. The summed E-state index contributed by atoms with van der Waals surface area (Å²) in [7, 11) is 0. The third-order valence-electron chi connectivity index (χ3n) is 4.19. The average Bonchev–Trinajstić information content (AvgIpc) is 2.43. The van der Waals surface area contributed by atoms with Crippen molar-refractivity contribution in [3.05, 3.63) is 82.4 Å². The molecule has 3 aromatic rings. The van der Waals surface area contributed by atoms with Gasteiger partial charge in [0.2, 0.25) is 0 Å². The number of hydrogen-bond donors (Lipinski definition) is 0. The number of aryl methyl sites for hydroxylation is 1. The number of benzene rings is 3. The summed E-state index contributed by atoms with van der Waals surface area (Å²) in [5, 5.41) is 2.74. The molecule has 0 radical (unpaired) electrons. The number of fused-ring (bicyclic) bond motifs is 3. The minimum absolute atomic E-state index is 1.08. The van der Waals surface area contributed by atoms with Gasteiger partial charge in [-0.05, 0) is 52.8 Å². The Hall–Kier alpha value is -2.08. The first-order valence-electron chi connectivity index (χ1n) is 6.88. The zero-order valence-electron chi connectivity index (χ0n) is 11.1. The van der Waals surface area contributed by atoms with Crippen LogP contribution in [-0.2, 0) is 12.8 Å². The van der Waals surface area contributed by atoms with Crippen LogP contribution in [0.2, 0.25) is 0 Å². The molecular weight excluding hydrogens is 228 g/mol. The Kier molecular flexibility index (Phi) is 2.25. The molecule has 92 valence electrons. The molecule has 0 aromatic heterocycles. The van der Waals surface area contributed by atoms with Crippen molar-refractivity contribution < 1.29 is 0 Å². The second-order valence-corrected chi connectivity index (χ2v) is 5.59. The Labute approximate surface area is 113 Å². The maximum atomic E-state index is 2.38. The first kappa shape index (κ1) is 10.8. The topological polar surface area (TPSA) is 0 Å². The molecule has 0 atom stereocenters. The van der Waals surface area contributed by atoms with Crippen LogP contribution in [0.15, 0.2) is 54.6 Å². The van der Waals surface area contributed by atoms with E-state index in [0.29, 0.717) is 0 Å². The molecule has 0 heterocycles. The predicted molar refractivity (Wildman–Crippen MR) is 80.7 cm³/mol. The van der Waals surface area contributed by atoms with Crippen molar-refractivity contribution in [3.63, 3.8) is 0 Å². The van der Waals surface area contributed by atoms with Crippen LogP contribution in [0.5, 0.6) is 0 Å². The van der Waals surface area contributed by atoms with Crippen LogP contribution in [0.3, 0.4) is 0 Å². The van der Waals surface area contributed by atoms with Gasteiger partial charge in [0.15, 0.2) is 0 Å². The smallest absolute Gasteiger partial charge is 0.00199 e. The lowest BCUT2D eigenvalue weighted by Crippen LogP contribution is -2.07. The summed E-state index contributed by atoms with van der Waals surface area (Å²) < 4.78 is 0. The predicted octanol–water partition coefficient (Wildman–Crippen LogP) is 4.64. The second-order valence-electron chi connectivity index (χ2n) is 5.59. The first-order chi connectivity index (χ1) is 9.29. The molecule has 0 saturated heterocycles. The van der Waals surface area contributed by atoms with Gasteiger partial charge >= 0.3 is 0 Å². The molecule has 3 aromatic carbocycles. The number of rotatable bonds is 0. The lowest BCUT2D eigenvalue weighted by Gasteiger charge is -2.20. The van der Waals surface area contributed by atoms with Crippen molar-refractivity contribution in [2.24, 2.45) is 0 Å². The van der Waals surface area contributed by atoms with Crippen LogP contribution in [0.4, 0.5) is 0 Å². The Balaban J connectivity index is 1.91. The quantitative estimate of drug-likeness (QED) is 0.422. The van der Waals surface area contributed by atoms with Crippen molar-refractivity contribution in [1.82, 2.24) is 0 Å². The second kappa shape index (κ2) is 3.96. The van der Waals surface area contributed by atoms with Crippen molar-refractivity contribution in [1.29, 1.82) is 0 Å². The molecule has 0 saturated carbocycles. The molecule has 1 aliphatic carbocycles. The fourth-order valence-electron chi connectivity index (χ4n) is 3.15. The highest BCUT2D eigenvalue weighted by molar-refractivity contribution is 5.85. The molecule has 4 rings (SSSR count). The largest absolute Gasteiger partial charge is 0.0620 e. The molecule has 19 heavy (non-hydrogen) atoms. The van der Waals surface area contributed by atoms with E-state index in [0.717, 1.165) is 12.8 Å². The fourth-order valence-corrected chi connectivity index (χ4v) is 3.15. The molecule has 1 aliphatic rings. The monoisotopic (exact) mass is 244 g/mol. The Morgan fingerprint density at radius 1 is 0.632 bits per heavy atom. The van der Waals surface area contributed by atoms with E-state index in [1.165, 1.54) is 38.6 Å². The molecule has 0 amide bonds. The van der Waals surface area contributed by atoms with E-state index in [1.807, 2.05) is 0 Å². The molecule has 0 heteroatoms. The van der Waals surface area contributed by atoms with E-state index < -0.39 is 0 Å². The van der Waals surface area contributed by atoms with Gasteiger partial charge in [-0.15, -0.1) is 0 Å². The standard InChI is InChI=1S/C19H16/c1-13-6-7-16-11-18-9-14-4-2-3-5-15(14)10-19(18)12-17(16)8-13/h2-8,11-12H,9-10H2,1H3. The van der Waals surface area contributed by atoms with Gasteiger partial charge in [-0.3, -0.25) is 0 Å². The van der Waals surface area contributed by atoms with Crippen LogP contribution in [-0.4, -0.2) is 0 Å². The van der Waals surface area contributed by atoms with E-state index in [-0.39, 0.29) is 0 Å². The average molecular weight is 244 g/mol. The van der Waals surface area contributed by atoms with Crippen molar-refractivity contribution >= 4 is 10.8 Å². The van der Waals surface area contributed by atoms with Gasteiger partial charge < -0.3 is 0 Å². The van der Waals surface area contributed by atoms with E-state index in [2.05, 4.69) is 61.5 Å². The minimum Gasteiger partial charge on any atom is -0.0620 e. The zero-order valence-corrected chi connectivity index (χ0v) is 11.1. The third kappa shape index (κ3) is 1.76. The van der Waals surface area contributed by atoms with Crippen LogP contribution in [0.1, 0.15) is 27.8 Å². The highest BCUT2D eigenvalue weighted by Crippen LogP contribution is 2.30. The lowest BCUT2D eigenvalue weighted by atomic mass is 9.84. The van der Waals surface area contributed by atoms with Gasteiger partial charge in [-0.25, -0.2) is 0 Å². The van der Waals surface area contributed by atoms with E-state index in [4.69, 9.17) is 0 Å². The van der Waals surface area contributed by atoms with Crippen LogP contribution in [0, 0.1) is 6.92 Å². The summed E-state index contributed by atoms with van der Waals surface area (Å²) in [5.74, 6) is 0. The van der Waals surface area contributed by atoms with Crippen molar-refractivity contribution in [3.8, 4) is 0 Å². The third-order valence-corrected chi connectivity index (χ3v) is 4.19. The SMILES string of the molecule is Cc1ccc2cc3c(cc2c1)Cc1ccccc1C3. The molecule has 0 nitrogen and oxygen atoms in total. The summed E-state index contributed by atoms with van der Waals surface area (Å²) >= 11 is 0. The summed E-state index contributed by atoms with van der Waals surface area (Å²) in [4.78, 5) is 0. The molecule has 0 aliphatic heterocycles. The number of hydrogen-bond acceptors (Lipinski definition) is 0. The first-order valence-corrected chi connectivity index (χ1v) is 6.88. The fraction of sp³-hybridized carbons (Fsp3) is 0.158. The zero-order chi connectivity index (χ0) is 12.8. The molecule has 0 unspecified atom stereocenters. The van der Waals surface area contributed by atoms with Crippen molar-refractivity contribution in [2.45, 2.75) is 19.8 Å². The summed E-state index contributed by atoms with van der Waals surface area (Å²) in [6, 6.07) is 20.3. The summed E-state index contributed by atoms with van der Waals surface area (Å²) in [6.07, 6.45) is 2.16. The molecule has 0 bridgehead atoms. The van der Waals surface area contributed by atoms with E-state index in [9.17, 15) is 0 Å². The lowest BCUT2D eigenvalue weighted by molar-refractivity contribution is 1.01. The molecule has 0 spiro atoms. The molecular formula is C19H16. The summed E-state index contributed by atoms with van der Waals surface area (Å²) in [6.45, 7) is 2.16. The summed E-state index contributed by atoms with van der Waals surface area (Å²) in [5.41, 5.74) is 7.30. The van der Waals surface area contributed by atoms with Gasteiger partial charge in [0.05, 0.1) is 0 Å². The minimum atomic E-state index is 1.08. The highest BCUT2D eigenvalue weighted by atomic mass is 14.2. The molecule has 0 fully saturated rings. The van der Waals surface area contributed by atoms with Gasteiger partial charge in [0, 0.05) is 0 Å². The maximum absolute atomic E-state index is 2.38. The Bertz CT molecular complexity index is 781. The Morgan fingerprint density at radius 3 is 1.95 bits per heavy atom. The van der Waals surface area contributed by atoms with Crippen LogP contribution >= 0.6 is 0 Å². The maximum Gasteiger partial charge on any atom is -0.00199 e. The van der Waals surface area contributed by atoms with Gasteiger partial charge in [-0.1, -0.05) is 60.2 Å². The van der Waals surface area contributed by atoms with Gasteiger partial charge in [-0.2, -0.15) is 0 Å². The highest BCUT2D eigenvalue weighted by Gasteiger charge is 2.15. The van der Waals surface area contributed by atoms with E-state index >= 15 is 0 Å². The van der Waals surface area contributed by atoms with Crippen LogP contribution < -0.4 is 0 Å². The van der Waals surface area contributed by atoms with Gasteiger partial charge in [0.1, 0.15) is 0 Å². The molecule has 0 N–H and O–H groups in total. The van der Waals surface area contributed by atoms with E-state index in [1.54, 1.807) is 0 Å². The van der Waals surface area contributed by atoms with Crippen molar-refractivity contribution in [2.75, 3.05) is 0 Å².